The molecule has 7 heteroatoms. The van der Waals surface area contributed by atoms with Crippen LogP contribution >= 0.6 is 0 Å². The van der Waals surface area contributed by atoms with Crippen LogP contribution in [0.25, 0.3) is 0 Å². The predicted molar refractivity (Wildman–Crippen MR) is 124 cm³/mol. The van der Waals surface area contributed by atoms with Gasteiger partial charge in [-0.05, 0) is 55.8 Å². The number of likely N-dealkylation sites (tertiary alicyclic amines) is 1. The van der Waals surface area contributed by atoms with Gasteiger partial charge < -0.3 is 24.3 Å². The van der Waals surface area contributed by atoms with Crippen molar-refractivity contribution in [1.82, 2.24) is 10.2 Å². The van der Waals surface area contributed by atoms with Gasteiger partial charge in [-0.15, -0.1) is 0 Å². The molecule has 3 rings (SSSR count). The van der Waals surface area contributed by atoms with E-state index in [0.29, 0.717) is 29.4 Å². The smallest absolute Gasteiger partial charge is 0.251 e. The van der Waals surface area contributed by atoms with Gasteiger partial charge in [0.15, 0.2) is 11.5 Å². The average Bonchev–Trinajstić information content (AvgIpc) is 3.13. The summed E-state index contributed by atoms with van der Waals surface area (Å²) in [6.07, 6.45) is 4.86. The van der Waals surface area contributed by atoms with E-state index in [9.17, 15) is 4.79 Å². The molecule has 1 aliphatic rings. The maximum absolute atomic E-state index is 13.1. The molecule has 0 aliphatic carbocycles. The van der Waals surface area contributed by atoms with Crippen LogP contribution in [0.3, 0.4) is 0 Å². The average molecular weight is 443 g/mol. The summed E-state index contributed by atoms with van der Waals surface area (Å²) in [6.45, 7) is 2.55. The third-order valence-electron chi connectivity index (χ3n) is 5.96. The van der Waals surface area contributed by atoms with Gasteiger partial charge in [0.2, 0.25) is 5.75 Å². The van der Waals surface area contributed by atoms with Crippen LogP contribution in [0.2, 0.25) is 0 Å². The molecule has 2 aromatic carbocycles. The molecule has 174 valence electrons. The van der Waals surface area contributed by atoms with Crippen molar-refractivity contribution in [3.63, 3.8) is 0 Å². The fourth-order valence-electron chi connectivity index (χ4n) is 4.19. The second-order valence-electron chi connectivity index (χ2n) is 7.86. The molecule has 1 fully saturated rings. The van der Waals surface area contributed by atoms with Gasteiger partial charge >= 0.3 is 0 Å². The minimum atomic E-state index is -0.183. The summed E-state index contributed by atoms with van der Waals surface area (Å²) in [7, 11) is 6.29. The minimum absolute atomic E-state index is 0.0880. The molecule has 1 N–H and O–H groups in total. The fourth-order valence-corrected chi connectivity index (χ4v) is 4.19. The normalized spacial score (nSPS) is 15.4. The number of ether oxygens (including phenoxy) is 4. The second kappa shape index (κ2) is 11.6. The zero-order valence-corrected chi connectivity index (χ0v) is 19.5. The molecule has 0 aromatic heterocycles. The SMILES string of the molecule is COc1ccc([C@@H](CNC(=O)c2cc(OC)c(OC)c(OC)c2)N2CCCCCC2)cc1. The zero-order valence-electron chi connectivity index (χ0n) is 19.5. The summed E-state index contributed by atoms with van der Waals surface area (Å²) in [5, 5.41) is 3.12. The highest BCUT2D eigenvalue weighted by Crippen LogP contribution is 2.38. The van der Waals surface area contributed by atoms with Gasteiger partial charge in [-0.25, -0.2) is 0 Å². The zero-order chi connectivity index (χ0) is 22.9. The molecule has 1 atom stereocenters. The van der Waals surface area contributed by atoms with Gasteiger partial charge in [0.25, 0.3) is 5.91 Å². The van der Waals surface area contributed by atoms with Crippen LogP contribution in [0, 0.1) is 0 Å². The molecule has 1 saturated heterocycles. The lowest BCUT2D eigenvalue weighted by atomic mass is 10.0. The van der Waals surface area contributed by atoms with Crippen molar-refractivity contribution in [3.05, 3.63) is 47.5 Å². The van der Waals surface area contributed by atoms with E-state index < -0.39 is 0 Å². The highest BCUT2D eigenvalue weighted by atomic mass is 16.5. The molecule has 1 heterocycles. The Morgan fingerprint density at radius 3 is 1.97 bits per heavy atom. The summed E-state index contributed by atoms with van der Waals surface area (Å²) in [4.78, 5) is 15.5. The number of carbonyl (C=O) groups is 1. The molecule has 2 aromatic rings. The molecule has 0 saturated carbocycles. The second-order valence-corrected chi connectivity index (χ2v) is 7.86. The molecule has 1 amide bonds. The Morgan fingerprint density at radius 2 is 1.47 bits per heavy atom. The predicted octanol–water partition coefficient (Wildman–Crippen LogP) is 4.07. The van der Waals surface area contributed by atoms with Gasteiger partial charge in [0, 0.05) is 12.1 Å². The van der Waals surface area contributed by atoms with Crippen LogP contribution in [0.15, 0.2) is 36.4 Å². The number of amides is 1. The first-order valence-corrected chi connectivity index (χ1v) is 11.1. The number of nitrogens with one attached hydrogen (secondary N) is 1. The van der Waals surface area contributed by atoms with Crippen molar-refractivity contribution in [2.75, 3.05) is 48.1 Å². The van der Waals surface area contributed by atoms with E-state index in [4.69, 9.17) is 18.9 Å². The summed E-state index contributed by atoms with van der Waals surface area (Å²) in [5.41, 5.74) is 1.63. The van der Waals surface area contributed by atoms with Crippen molar-refractivity contribution in [3.8, 4) is 23.0 Å². The molecule has 32 heavy (non-hydrogen) atoms. The number of nitrogens with zero attached hydrogens (tertiary/aromatic N) is 1. The number of hydrogen-bond acceptors (Lipinski definition) is 6. The number of carbonyl (C=O) groups excluding carboxylic acids is 1. The van der Waals surface area contributed by atoms with E-state index in [1.165, 1.54) is 39.9 Å². The van der Waals surface area contributed by atoms with Crippen LogP contribution in [0.4, 0.5) is 0 Å². The van der Waals surface area contributed by atoms with Crippen LogP contribution in [0.5, 0.6) is 23.0 Å². The standard InChI is InChI=1S/C25H34N2O5/c1-29-20-11-9-18(10-12-20)21(27-13-7-5-6-8-14-27)17-26-25(28)19-15-22(30-2)24(32-4)23(16-19)31-3/h9-12,15-16,21H,5-8,13-14,17H2,1-4H3,(H,26,28)/t21-/m1/s1. The van der Waals surface area contributed by atoms with Crippen molar-refractivity contribution >= 4 is 5.91 Å². The molecule has 1 aliphatic heterocycles. The summed E-state index contributed by atoms with van der Waals surface area (Å²) in [5.74, 6) is 2.02. The molecular formula is C25H34N2O5. The van der Waals surface area contributed by atoms with E-state index in [1.807, 2.05) is 12.1 Å². The first-order valence-electron chi connectivity index (χ1n) is 11.1. The van der Waals surface area contributed by atoms with Gasteiger partial charge in [-0.2, -0.15) is 0 Å². The lowest BCUT2D eigenvalue weighted by Gasteiger charge is -2.31. The minimum Gasteiger partial charge on any atom is -0.497 e. The Kier molecular flexibility index (Phi) is 8.62. The Morgan fingerprint density at radius 1 is 0.875 bits per heavy atom. The summed E-state index contributed by atoms with van der Waals surface area (Å²) in [6, 6.07) is 11.5. The first kappa shape index (κ1) is 23.7. The van der Waals surface area contributed by atoms with Crippen molar-refractivity contribution < 1.29 is 23.7 Å². The quantitative estimate of drug-likeness (QED) is 0.631. The molecule has 0 unspecified atom stereocenters. The third kappa shape index (κ3) is 5.65. The molecule has 0 radical (unpaired) electrons. The maximum Gasteiger partial charge on any atom is 0.251 e. The number of benzene rings is 2. The van der Waals surface area contributed by atoms with Crippen molar-refractivity contribution in [2.45, 2.75) is 31.7 Å². The van der Waals surface area contributed by atoms with Gasteiger partial charge in [-0.1, -0.05) is 25.0 Å². The Hall–Kier alpha value is -2.93. The van der Waals surface area contributed by atoms with Crippen LogP contribution < -0.4 is 24.3 Å². The van der Waals surface area contributed by atoms with Crippen LogP contribution in [-0.2, 0) is 0 Å². The molecule has 0 spiro atoms. The van der Waals surface area contributed by atoms with Crippen LogP contribution in [-0.4, -0.2) is 58.9 Å². The Bertz CT molecular complexity index is 851. The van der Waals surface area contributed by atoms with E-state index in [2.05, 4.69) is 22.3 Å². The summed E-state index contributed by atoms with van der Waals surface area (Å²) < 4.78 is 21.5. The molecule has 0 bridgehead atoms. The summed E-state index contributed by atoms with van der Waals surface area (Å²) >= 11 is 0. The van der Waals surface area contributed by atoms with Gasteiger partial charge in [0.1, 0.15) is 5.75 Å². The van der Waals surface area contributed by atoms with E-state index >= 15 is 0 Å². The van der Waals surface area contributed by atoms with Gasteiger partial charge in [0.05, 0.1) is 34.5 Å². The lowest BCUT2D eigenvalue weighted by Crippen LogP contribution is -2.38. The fraction of sp³-hybridized carbons (Fsp3) is 0.480. The maximum atomic E-state index is 13.1. The number of methoxy groups -OCH3 is 4. The lowest BCUT2D eigenvalue weighted by molar-refractivity contribution is 0.0932. The highest BCUT2D eigenvalue weighted by molar-refractivity contribution is 5.95. The van der Waals surface area contributed by atoms with Crippen molar-refractivity contribution in [1.29, 1.82) is 0 Å². The largest absolute Gasteiger partial charge is 0.497 e. The van der Waals surface area contributed by atoms with E-state index in [0.717, 1.165) is 24.4 Å². The van der Waals surface area contributed by atoms with E-state index in [-0.39, 0.29) is 11.9 Å². The van der Waals surface area contributed by atoms with E-state index in [1.54, 1.807) is 26.4 Å². The monoisotopic (exact) mass is 442 g/mol. The molecule has 7 nitrogen and oxygen atoms in total. The Labute approximate surface area is 190 Å². The van der Waals surface area contributed by atoms with Gasteiger partial charge in [-0.3, -0.25) is 9.69 Å². The highest BCUT2D eigenvalue weighted by Gasteiger charge is 2.23. The number of rotatable bonds is 9. The molecular weight excluding hydrogens is 408 g/mol. The Balaban J connectivity index is 1.81. The van der Waals surface area contributed by atoms with Crippen molar-refractivity contribution in [2.24, 2.45) is 0 Å². The first-order chi connectivity index (χ1) is 15.6. The number of hydrogen-bond donors (Lipinski definition) is 1. The van der Waals surface area contributed by atoms with Crippen LogP contribution in [0.1, 0.15) is 47.6 Å². The third-order valence-corrected chi connectivity index (χ3v) is 5.96. The topological polar surface area (TPSA) is 69.3 Å².